The SMILES string of the molecule is COc1cc(NCC(O)CS(=O)(=O)O)cc(OC)c1.[NaH]. The van der Waals surface area contributed by atoms with E-state index in [0.29, 0.717) is 17.2 Å². The third-order valence-corrected chi connectivity index (χ3v) is 3.10. The predicted molar refractivity (Wildman–Crippen MR) is 77.6 cm³/mol. The molecule has 0 aliphatic rings. The van der Waals surface area contributed by atoms with Crippen LogP contribution in [-0.2, 0) is 10.1 Å². The van der Waals surface area contributed by atoms with E-state index >= 15 is 0 Å². The van der Waals surface area contributed by atoms with Crippen LogP contribution >= 0.6 is 0 Å². The third-order valence-electron chi connectivity index (χ3n) is 2.30. The molecular weight excluding hydrogens is 297 g/mol. The number of ether oxygens (including phenoxy) is 2. The number of aliphatic hydroxyl groups is 1. The molecule has 1 unspecified atom stereocenters. The van der Waals surface area contributed by atoms with E-state index < -0.39 is 22.0 Å². The van der Waals surface area contributed by atoms with Crippen LogP contribution in [0, 0.1) is 0 Å². The molecule has 0 aliphatic carbocycles. The Labute approximate surface area is 140 Å². The number of nitrogens with one attached hydrogen (secondary N) is 1. The van der Waals surface area contributed by atoms with E-state index in [-0.39, 0.29) is 36.1 Å². The zero-order valence-corrected chi connectivity index (χ0v) is 11.5. The van der Waals surface area contributed by atoms with Gasteiger partial charge < -0.3 is 19.9 Å². The molecule has 1 atom stereocenters. The van der Waals surface area contributed by atoms with Crippen LogP contribution in [0.15, 0.2) is 18.2 Å². The maximum absolute atomic E-state index is 10.6. The van der Waals surface area contributed by atoms with E-state index in [9.17, 15) is 13.5 Å². The molecule has 0 heterocycles. The molecule has 0 saturated carbocycles. The summed E-state index contributed by atoms with van der Waals surface area (Å²) >= 11 is 0. The van der Waals surface area contributed by atoms with Crippen LogP contribution in [0.1, 0.15) is 0 Å². The fourth-order valence-corrected chi connectivity index (χ4v) is 2.05. The predicted octanol–water partition coefficient (Wildman–Crippen LogP) is -0.284. The van der Waals surface area contributed by atoms with Crippen LogP contribution in [0.4, 0.5) is 5.69 Å². The van der Waals surface area contributed by atoms with E-state index in [1.165, 1.54) is 14.2 Å². The number of rotatable bonds is 7. The summed E-state index contributed by atoms with van der Waals surface area (Å²) in [5, 5.41) is 12.3. The number of benzene rings is 1. The Hall–Kier alpha value is -0.510. The summed E-state index contributed by atoms with van der Waals surface area (Å²) in [5.74, 6) is 0.401. The summed E-state index contributed by atoms with van der Waals surface area (Å²) in [7, 11) is -1.18. The van der Waals surface area contributed by atoms with Crippen molar-refractivity contribution < 1.29 is 27.6 Å². The van der Waals surface area contributed by atoms with Crippen LogP contribution in [-0.4, -0.2) is 80.3 Å². The first kappa shape index (κ1) is 19.5. The van der Waals surface area contributed by atoms with Gasteiger partial charge in [0.05, 0.1) is 20.3 Å². The van der Waals surface area contributed by atoms with Crippen LogP contribution in [0.25, 0.3) is 0 Å². The molecule has 0 aromatic heterocycles. The second-order valence-corrected chi connectivity index (χ2v) is 5.38. The van der Waals surface area contributed by atoms with Crippen molar-refractivity contribution in [1.29, 1.82) is 0 Å². The summed E-state index contributed by atoms with van der Waals surface area (Å²) in [6, 6.07) is 5.02. The van der Waals surface area contributed by atoms with Gasteiger partial charge in [0.15, 0.2) is 0 Å². The molecule has 0 fully saturated rings. The van der Waals surface area contributed by atoms with Gasteiger partial charge in [-0.1, -0.05) is 0 Å². The van der Waals surface area contributed by atoms with Crippen LogP contribution in [0.5, 0.6) is 11.5 Å². The van der Waals surface area contributed by atoms with Gasteiger partial charge in [0.1, 0.15) is 17.3 Å². The van der Waals surface area contributed by atoms with Gasteiger partial charge >= 0.3 is 29.6 Å². The van der Waals surface area contributed by atoms with Crippen LogP contribution in [0.2, 0.25) is 0 Å². The van der Waals surface area contributed by atoms with Crippen molar-refractivity contribution in [1.82, 2.24) is 0 Å². The molecule has 3 N–H and O–H groups in total. The van der Waals surface area contributed by atoms with Gasteiger partial charge in [-0.2, -0.15) is 8.42 Å². The summed E-state index contributed by atoms with van der Waals surface area (Å²) in [4.78, 5) is 0. The van der Waals surface area contributed by atoms with Gasteiger partial charge in [-0.05, 0) is 0 Å². The van der Waals surface area contributed by atoms with Crippen LogP contribution < -0.4 is 14.8 Å². The number of hydrogen-bond acceptors (Lipinski definition) is 6. The maximum atomic E-state index is 10.6. The van der Waals surface area contributed by atoms with Gasteiger partial charge in [-0.15, -0.1) is 0 Å². The molecule has 0 bridgehead atoms. The van der Waals surface area contributed by atoms with Crippen molar-refractivity contribution in [2.24, 2.45) is 0 Å². The van der Waals surface area contributed by atoms with Crippen molar-refractivity contribution in [2.75, 3.05) is 31.8 Å². The van der Waals surface area contributed by atoms with Gasteiger partial charge in [0.25, 0.3) is 10.1 Å². The molecule has 0 spiro atoms. The Balaban J connectivity index is 0.00000361. The average molecular weight is 315 g/mol. The number of methoxy groups -OCH3 is 2. The van der Waals surface area contributed by atoms with Crippen molar-refractivity contribution >= 4 is 45.4 Å². The molecule has 1 rings (SSSR count). The molecule has 1 aromatic rings. The molecule has 0 saturated heterocycles. The standard InChI is InChI=1S/C11H17NO6S.Na.H/c1-17-10-3-8(4-11(5-10)18-2)12-6-9(13)7-19(14,15)16;;/h3-5,9,12-13H,6-7H2,1-2H3,(H,14,15,16);;. The van der Waals surface area contributed by atoms with Gasteiger partial charge in [0.2, 0.25) is 0 Å². The number of aliphatic hydroxyl groups excluding tert-OH is 1. The Morgan fingerprint density at radius 2 is 1.70 bits per heavy atom. The Morgan fingerprint density at radius 1 is 1.20 bits per heavy atom. The summed E-state index contributed by atoms with van der Waals surface area (Å²) < 4.78 is 39.9. The van der Waals surface area contributed by atoms with Gasteiger partial charge in [0, 0.05) is 30.4 Å². The van der Waals surface area contributed by atoms with Crippen molar-refractivity contribution in [2.45, 2.75) is 6.10 Å². The molecule has 0 amide bonds. The first-order chi connectivity index (χ1) is 8.84. The van der Waals surface area contributed by atoms with E-state index in [4.69, 9.17) is 14.0 Å². The number of anilines is 1. The van der Waals surface area contributed by atoms with E-state index in [1.807, 2.05) is 0 Å². The minimum atomic E-state index is -4.19. The van der Waals surface area contributed by atoms with Crippen molar-refractivity contribution in [3.63, 3.8) is 0 Å². The molecule has 1 aromatic carbocycles. The van der Waals surface area contributed by atoms with Crippen molar-refractivity contribution in [3.05, 3.63) is 18.2 Å². The Kier molecular flexibility index (Phi) is 8.48. The molecule has 0 aliphatic heterocycles. The summed E-state index contributed by atoms with van der Waals surface area (Å²) in [6.45, 7) is -0.0316. The van der Waals surface area contributed by atoms with Gasteiger partial charge in [-0.25, -0.2) is 0 Å². The first-order valence-corrected chi connectivity index (χ1v) is 7.05. The topological polar surface area (TPSA) is 105 Å². The molecule has 7 nitrogen and oxygen atoms in total. The molecule has 110 valence electrons. The van der Waals surface area contributed by atoms with E-state index in [2.05, 4.69) is 5.32 Å². The first-order valence-electron chi connectivity index (χ1n) is 5.44. The quantitative estimate of drug-likeness (QED) is 0.469. The molecule has 0 radical (unpaired) electrons. The fraction of sp³-hybridized carbons (Fsp3) is 0.455. The normalized spacial score (nSPS) is 12.2. The second kappa shape index (κ2) is 8.71. The monoisotopic (exact) mass is 315 g/mol. The summed E-state index contributed by atoms with van der Waals surface area (Å²) in [6.07, 6.45) is -1.22. The average Bonchev–Trinajstić information content (AvgIpc) is 2.33. The summed E-state index contributed by atoms with van der Waals surface area (Å²) in [5.41, 5.74) is 0.602. The van der Waals surface area contributed by atoms with E-state index in [0.717, 1.165) is 0 Å². The fourth-order valence-electron chi connectivity index (χ4n) is 1.45. The van der Waals surface area contributed by atoms with E-state index in [1.54, 1.807) is 18.2 Å². The second-order valence-electron chi connectivity index (χ2n) is 3.88. The zero-order chi connectivity index (χ0) is 14.5. The minimum absolute atomic E-state index is 0. The molecule has 9 heteroatoms. The van der Waals surface area contributed by atoms with Crippen LogP contribution in [0.3, 0.4) is 0 Å². The van der Waals surface area contributed by atoms with Gasteiger partial charge in [-0.3, -0.25) is 4.55 Å². The third kappa shape index (κ3) is 7.32. The molecule has 20 heavy (non-hydrogen) atoms. The molecular formula is C11H18NNaO6S. The zero-order valence-electron chi connectivity index (χ0n) is 10.7. The Bertz CT molecular complexity index is 499. The number of hydrogen-bond donors (Lipinski definition) is 3. The van der Waals surface area contributed by atoms with Crippen molar-refractivity contribution in [3.8, 4) is 11.5 Å². The Morgan fingerprint density at radius 3 is 2.10 bits per heavy atom.